The van der Waals surface area contributed by atoms with Crippen molar-refractivity contribution in [2.24, 2.45) is 0 Å². The summed E-state index contributed by atoms with van der Waals surface area (Å²) < 4.78 is 5.59. The molecule has 106 valence electrons. The molecule has 0 aromatic heterocycles. The summed E-state index contributed by atoms with van der Waals surface area (Å²) in [7, 11) is 0. The van der Waals surface area contributed by atoms with Gasteiger partial charge in [0.1, 0.15) is 6.07 Å². The van der Waals surface area contributed by atoms with Crippen LogP contribution in [-0.4, -0.2) is 36.2 Å². The first-order valence-electron chi connectivity index (χ1n) is 6.40. The summed E-state index contributed by atoms with van der Waals surface area (Å²) in [6, 6.07) is 6.63. The number of urea groups is 1. The van der Waals surface area contributed by atoms with E-state index in [2.05, 4.69) is 5.32 Å². The van der Waals surface area contributed by atoms with Gasteiger partial charge in [-0.1, -0.05) is 11.6 Å². The molecule has 1 fully saturated rings. The van der Waals surface area contributed by atoms with E-state index >= 15 is 0 Å². The molecule has 1 saturated heterocycles. The van der Waals surface area contributed by atoms with Crippen LogP contribution in [0.1, 0.15) is 19.4 Å². The smallest absolute Gasteiger partial charge is 0.322 e. The third kappa shape index (κ3) is 3.41. The van der Waals surface area contributed by atoms with Crippen LogP contribution in [0.15, 0.2) is 18.2 Å². The molecule has 0 unspecified atom stereocenters. The van der Waals surface area contributed by atoms with Crippen LogP contribution in [0, 0.1) is 11.3 Å². The van der Waals surface area contributed by atoms with E-state index in [-0.39, 0.29) is 18.2 Å². The lowest BCUT2D eigenvalue weighted by Crippen LogP contribution is -2.49. The molecular weight excluding hydrogens is 278 g/mol. The van der Waals surface area contributed by atoms with E-state index in [0.29, 0.717) is 29.4 Å². The van der Waals surface area contributed by atoms with E-state index in [4.69, 9.17) is 21.6 Å². The van der Waals surface area contributed by atoms with Crippen molar-refractivity contribution in [1.29, 1.82) is 5.26 Å². The van der Waals surface area contributed by atoms with Gasteiger partial charge in [-0.25, -0.2) is 4.79 Å². The van der Waals surface area contributed by atoms with Gasteiger partial charge in [0.2, 0.25) is 0 Å². The molecule has 1 aromatic carbocycles. The fraction of sp³-hybridized carbons (Fsp3) is 0.429. The van der Waals surface area contributed by atoms with Crippen LogP contribution < -0.4 is 5.32 Å². The van der Waals surface area contributed by atoms with Gasteiger partial charge in [-0.2, -0.15) is 5.26 Å². The summed E-state index contributed by atoms with van der Waals surface area (Å²) in [4.78, 5) is 13.9. The minimum absolute atomic E-state index is 0.0180. The maximum Gasteiger partial charge on any atom is 0.322 e. The van der Waals surface area contributed by atoms with Gasteiger partial charge in [0, 0.05) is 18.8 Å². The van der Waals surface area contributed by atoms with Crippen LogP contribution in [0.2, 0.25) is 5.02 Å². The Hall–Kier alpha value is -1.77. The number of benzene rings is 1. The molecule has 5 nitrogen and oxygen atoms in total. The quantitative estimate of drug-likeness (QED) is 0.866. The Morgan fingerprint density at radius 2 is 2.10 bits per heavy atom. The average Bonchev–Trinajstić information content (AvgIpc) is 2.39. The van der Waals surface area contributed by atoms with Crippen molar-refractivity contribution in [2.45, 2.75) is 26.1 Å². The lowest BCUT2D eigenvalue weighted by Gasteiger charge is -2.35. The highest BCUT2D eigenvalue weighted by Gasteiger charge is 2.25. The molecule has 2 amide bonds. The fourth-order valence-electron chi connectivity index (χ4n) is 2.23. The topological polar surface area (TPSA) is 65.4 Å². The summed E-state index contributed by atoms with van der Waals surface area (Å²) >= 11 is 5.86. The number of nitriles is 1. The Morgan fingerprint density at radius 1 is 1.45 bits per heavy atom. The molecule has 1 aliphatic rings. The lowest BCUT2D eigenvalue weighted by atomic mass is 10.2. The van der Waals surface area contributed by atoms with Crippen LogP contribution in [0.5, 0.6) is 0 Å². The third-order valence-corrected chi connectivity index (χ3v) is 3.37. The number of anilines is 1. The summed E-state index contributed by atoms with van der Waals surface area (Å²) in [5.41, 5.74) is 0.899. The van der Waals surface area contributed by atoms with E-state index in [1.54, 1.807) is 23.1 Å². The lowest BCUT2D eigenvalue weighted by molar-refractivity contribution is -0.0530. The molecule has 1 aliphatic heterocycles. The number of ether oxygens (including phenoxy) is 1. The fourth-order valence-corrected chi connectivity index (χ4v) is 2.39. The molecule has 6 heteroatoms. The first kappa shape index (κ1) is 14.6. The highest BCUT2D eigenvalue weighted by atomic mass is 35.5. The summed E-state index contributed by atoms with van der Waals surface area (Å²) in [6.45, 7) is 4.97. The van der Waals surface area contributed by atoms with Gasteiger partial charge in [-0.3, -0.25) is 0 Å². The van der Waals surface area contributed by atoms with E-state index in [0.717, 1.165) is 0 Å². The van der Waals surface area contributed by atoms with Crippen LogP contribution in [0.25, 0.3) is 0 Å². The first-order chi connectivity index (χ1) is 9.49. The Kier molecular flexibility index (Phi) is 4.48. The normalized spacial score (nSPS) is 22.2. The second-order valence-corrected chi connectivity index (χ2v) is 5.31. The van der Waals surface area contributed by atoms with Gasteiger partial charge in [-0.15, -0.1) is 0 Å². The van der Waals surface area contributed by atoms with Gasteiger partial charge in [-0.05, 0) is 32.0 Å². The molecule has 1 aromatic rings. The van der Waals surface area contributed by atoms with Crippen molar-refractivity contribution in [3.05, 3.63) is 28.8 Å². The van der Waals surface area contributed by atoms with E-state index < -0.39 is 0 Å². The molecule has 0 aliphatic carbocycles. The number of carbonyl (C=O) groups excluding carboxylic acids is 1. The molecule has 1 heterocycles. The van der Waals surface area contributed by atoms with Crippen molar-refractivity contribution in [1.82, 2.24) is 4.90 Å². The molecule has 0 radical (unpaired) electrons. The number of amides is 2. The Bertz CT molecular complexity index is 546. The number of nitrogens with zero attached hydrogens (tertiary/aromatic N) is 2. The molecule has 2 atom stereocenters. The highest BCUT2D eigenvalue weighted by Crippen LogP contribution is 2.20. The summed E-state index contributed by atoms with van der Waals surface area (Å²) in [5, 5.41) is 12.1. The van der Waals surface area contributed by atoms with Crippen molar-refractivity contribution < 1.29 is 9.53 Å². The minimum atomic E-state index is -0.196. The Labute approximate surface area is 123 Å². The van der Waals surface area contributed by atoms with Gasteiger partial charge in [0.15, 0.2) is 0 Å². The maximum absolute atomic E-state index is 12.2. The SMILES string of the molecule is C[C@H]1CN(C(=O)Nc2ccc(Cl)c(C#N)c2)C[C@H](C)O1. The number of rotatable bonds is 1. The van der Waals surface area contributed by atoms with E-state index in [1.165, 1.54) is 0 Å². The molecule has 0 saturated carbocycles. The molecule has 0 spiro atoms. The minimum Gasteiger partial charge on any atom is -0.372 e. The zero-order chi connectivity index (χ0) is 14.7. The monoisotopic (exact) mass is 293 g/mol. The highest BCUT2D eigenvalue weighted by molar-refractivity contribution is 6.31. The number of nitrogens with one attached hydrogen (secondary N) is 1. The first-order valence-corrected chi connectivity index (χ1v) is 6.78. The van der Waals surface area contributed by atoms with Crippen LogP contribution in [0.3, 0.4) is 0 Å². The number of hydrogen-bond acceptors (Lipinski definition) is 3. The van der Waals surface area contributed by atoms with Crippen LogP contribution >= 0.6 is 11.6 Å². The summed E-state index contributed by atoms with van der Waals surface area (Å²) in [5.74, 6) is 0. The second kappa shape index (κ2) is 6.12. The summed E-state index contributed by atoms with van der Waals surface area (Å²) in [6.07, 6.45) is 0.0359. The number of carbonyl (C=O) groups is 1. The third-order valence-electron chi connectivity index (χ3n) is 3.04. The van der Waals surface area contributed by atoms with E-state index in [9.17, 15) is 4.79 Å². The second-order valence-electron chi connectivity index (χ2n) is 4.90. The Balaban J connectivity index is 2.06. The zero-order valence-corrected chi connectivity index (χ0v) is 12.1. The van der Waals surface area contributed by atoms with Crippen molar-refractivity contribution in [3.63, 3.8) is 0 Å². The number of hydrogen-bond donors (Lipinski definition) is 1. The predicted molar refractivity (Wildman–Crippen MR) is 76.8 cm³/mol. The number of halogens is 1. The molecule has 1 N–H and O–H groups in total. The van der Waals surface area contributed by atoms with E-state index in [1.807, 2.05) is 19.9 Å². The number of morpholine rings is 1. The zero-order valence-electron chi connectivity index (χ0n) is 11.4. The van der Waals surface area contributed by atoms with Gasteiger partial charge in [0.05, 0.1) is 22.8 Å². The van der Waals surface area contributed by atoms with Gasteiger partial charge < -0.3 is 15.0 Å². The largest absolute Gasteiger partial charge is 0.372 e. The van der Waals surface area contributed by atoms with Gasteiger partial charge in [0.25, 0.3) is 0 Å². The molecule has 20 heavy (non-hydrogen) atoms. The van der Waals surface area contributed by atoms with Crippen molar-refractivity contribution in [2.75, 3.05) is 18.4 Å². The van der Waals surface area contributed by atoms with Crippen molar-refractivity contribution >= 4 is 23.3 Å². The van der Waals surface area contributed by atoms with Gasteiger partial charge >= 0.3 is 6.03 Å². The molecular formula is C14H16ClN3O2. The average molecular weight is 294 g/mol. The predicted octanol–water partition coefficient (Wildman–Crippen LogP) is 2.85. The maximum atomic E-state index is 12.2. The van der Waals surface area contributed by atoms with Crippen molar-refractivity contribution in [3.8, 4) is 6.07 Å². The Morgan fingerprint density at radius 3 is 2.70 bits per heavy atom. The van der Waals surface area contributed by atoms with Crippen LogP contribution in [-0.2, 0) is 4.74 Å². The van der Waals surface area contributed by atoms with Crippen LogP contribution in [0.4, 0.5) is 10.5 Å². The molecule has 0 bridgehead atoms. The standard InChI is InChI=1S/C14H16ClN3O2/c1-9-7-18(8-10(2)20-9)14(19)17-12-3-4-13(15)11(5-12)6-16/h3-5,9-10H,7-8H2,1-2H3,(H,17,19)/t9-,10-/m0/s1. The molecule has 2 rings (SSSR count).